The molecule has 5 nitrogen and oxygen atoms in total. The van der Waals surface area contributed by atoms with Gasteiger partial charge in [-0.1, -0.05) is 12.1 Å². The van der Waals surface area contributed by atoms with Crippen molar-refractivity contribution in [3.05, 3.63) is 36.0 Å². The number of methoxy groups -OCH3 is 1. The van der Waals surface area contributed by atoms with Gasteiger partial charge in [0, 0.05) is 43.1 Å². The fourth-order valence-electron chi connectivity index (χ4n) is 2.54. The molecule has 1 aromatic heterocycles. The number of hydrogen-bond acceptors (Lipinski definition) is 5. The van der Waals surface area contributed by atoms with Gasteiger partial charge in [0.05, 0.1) is 13.2 Å². The van der Waals surface area contributed by atoms with Crippen LogP contribution in [0, 0.1) is 0 Å². The van der Waals surface area contributed by atoms with Crippen LogP contribution in [0.2, 0.25) is 0 Å². The molecule has 0 aliphatic carbocycles. The molecule has 3 rings (SSSR count). The first-order chi connectivity index (χ1) is 10.3. The number of pyridine rings is 1. The maximum Gasteiger partial charge on any atom is 0.169 e. The average Bonchev–Trinajstić information content (AvgIpc) is 2.97. The highest BCUT2D eigenvalue weighted by Crippen LogP contribution is 2.39. The molecule has 0 fully saturated rings. The van der Waals surface area contributed by atoms with Crippen LogP contribution in [-0.2, 0) is 11.2 Å². The van der Waals surface area contributed by atoms with E-state index in [9.17, 15) is 0 Å². The van der Waals surface area contributed by atoms with Crippen molar-refractivity contribution in [3.8, 4) is 16.9 Å². The van der Waals surface area contributed by atoms with E-state index in [0.29, 0.717) is 19.8 Å². The van der Waals surface area contributed by atoms with Crippen LogP contribution in [0.1, 0.15) is 5.56 Å². The van der Waals surface area contributed by atoms with Gasteiger partial charge in [0.15, 0.2) is 11.6 Å². The van der Waals surface area contributed by atoms with Crippen LogP contribution in [0.15, 0.2) is 30.5 Å². The summed E-state index contributed by atoms with van der Waals surface area (Å²) < 4.78 is 10.8. The highest BCUT2D eigenvalue weighted by Gasteiger charge is 2.22. The van der Waals surface area contributed by atoms with Crippen LogP contribution < -0.4 is 15.8 Å². The molecule has 21 heavy (non-hydrogen) atoms. The van der Waals surface area contributed by atoms with E-state index in [4.69, 9.17) is 15.2 Å². The van der Waals surface area contributed by atoms with Crippen LogP contribution >= 0.6 is 0 Å². The third kappa shape index (κ3) is 2.78. The van der Waals surface area contributed by atoms with E-state index in [1.54, 1.807) is 7.11 Å². The Morgan fingerprint density at radius 1 is 1.43 bits per heavy atom. The number of benzene rings is 1. The molecule has 0 bridgehead atoms. The summed E-state index contributed by atoms with van der Waals surface area (Å²) in [6, 6.07) is 7.85. The number of nitrogens with one attached hydrogen (secondary N) is 1. The second-order valence-electron chi connectivity index (χ2n) is 4.97. The van der Waals surface area contributed by atoms with Crippen molar-refractivity contribution in [1.29, 1.82) is 0 Å². The summed E-state index contributed by atoms with van der Waals surface area (Å²) in [6.45, 7) is 2.03. The van der Waals surface area contributed by atoms with Crippen molar-refractivity contribution in [2.24, 2.45) is 0 Å². The standard InChI is InChI=1S/C16H19N3O2/c1-20-8-6-18-16-15-13(5-7-21-15)14(10-19-16)11-3-2-4-12(17)9-11/h2-4,9-10H,5-8,17H2,1H3,(H,18,19). The number of hydrogen-bond donors (Lipinski definition) is 2. The van der Waals surface area contributed by atoms with Crippen LogP contribution in [0.25, 0.3) is 11.1 Å². The molecule has 1 aromatic carbocycles. The highest BCUT2D eigenvalue weighted by atomic mass is 16.5. The molecule has 1 aliphatic heterocycles. The van der Waals surface area contributed by atoms with E-state index in [0.717, 1.165) is 34.8 Å². The number of rotatable bonds is 5. The normalized spacial score (nSPS) is 12.8. The van der Waals surface area contributed by atoms with Gasteiger partial charge in [-0.3, -0.25) is 0 Å². The highest BCUT2D eigenvalue weighted by molar-refractivity contribution is 5.75. The monoisotopic (exact) mass is 285 g/mol. The van der Waals surface area contributed by atoms with Gasteiger partial charge in [-0.15, -0.1) is 0 Å². The van der Waals surface area contributed by atoms with E-state index in [-0.39, 0.29) is 0 Å². The van der Waals surface area contributed by atoms with Gasteiger partial charge >= 0.3 is 0 Å². The first-order valence-corrected chi connectivity index (χ1v) is 7.03. The number of anilines is 2. The third-order valence-corrected chi connectivity index (χ3v) is 3.53. The first-order valence-electron chi connectivity index (χ1n) is 7.03. The molecule has 0 saturated carbocycles. The van der Waals surface area contributed by atoms with E-state index >= 15 is 0 Å². The van der Waals surface area contributed by atoms with Gasteiger partial charge in [-0.25, -0.2) is 4.98 Å². The molecular weight excluding hydrogens is 266 g/mol. The van der Waals surface area contributed by atoms with Crippen molar-refractivity contribution >= 4 is 11.5 Å². The van der Waals surface area contributed by atoms with Crippen molar-refractivity contribution in [2.75, 3.05) is 37.9 Å². The van der Waals surface area contributed by atoms with Gasteiger partial charge in [0.1, 0.15) is 0 Å². The smallest absolute Gasteiger partial charge is 0.169 e. The SMILES string of the molecule is COCCNc1ncc(-c2cccc(N)c2)c2c1OCC2. The summed E-state index contributed by atoms with van der Waals surface area (Å²) >= 11 is 0. The molecule has 2 aromatic rings. The van der Waals surface area contributed by atoms with Crippen molar-refractivity contribution in [1.82, 2.24) is 4.98 Å². The maximum absolute atomic E-state index is 5.87. The predicted molar refractivity (Wildman–Crippen MR) is 83.7 cm³/mol. The Balaban J connectivity index is 1.95. The summed E-state index contributed by atoms with van der Waals surface area (Å²) in [4.78, 5) is 4.50. The topological polar surface area (TPSA) is 69.4 Å². The predicted octanol–water partition coefficient (Wildman–Crippen LogP) is 2.32. The summed E-state index contributed by atoms with van der Waals surface area (Å²) in [5, 5.41) is 3.25. The van der Waals surface area contributed by atoms with Gasteiger partial charge < -0.3 is 20.5 Å². The number of nitrogens with zero attached hydrogens (tertiary/aromatic N) is 1. The van der Waals surface area contributed by atoms with Crippen LogP contribution in [-0.4, -0.2) is 31.9 Å². The van der Waals surface area contributed by atoms with Gasteiger partial charge in [-0.05, 0) is 17.7 Å². The number of nitrogen functional groups attached to an aromatic ring is 1. The molecule has 0 spiro atoms. The van der Waals surface area contributed by atoms with Gasteiger partial charge in [0.2, 0.25) is 0 Å². The second-order valence-corrected chi connectivity index (χ2v) is 4.97. The zero-order chi connectivity index (χ0) is 14.7. The van der Waals surface area contributed by atoms with Gasteiger partial charge in [0.25, 0.3) is 0 Å². The van der Waals surface area contributed by atoms with Gasteiger partial charge in [-0.2, -0.15) is 0 Å². The molecule has 0 atom stereocenters. The van der Waals surface area contributed by atoms with Crippen molar-refractivity contribution < 1.29 is 9.47 Å². The van der Waals surface area contributed by atoms with E-state index in [2.05, 4.69) is 10.3 Å². The van der Waals surface area contributed by atoms with Crippen LogP contribution in [0.4, 0.5) is 11.5 Å². The Hall–Kier alpha value is -2.27. The number of aromatic nitrogens is 1. The Morgan fingerprint density at radius 2 is 2.33 bits per heavy atom. The summed E-state index contributed by atoms with van der Waals surface area (Å²) in [5.74, 6) is 1.64. The number of ether oxygens (including phenoxy) is 2. The lowest BCUT2D eigenvalue weighted by Crippen LogP contribution is -2.09. The molecule has 3 N–H and O–H groups in total. The Morgan fingerprint density at radius 3 is 3.14 bits per heavy atom. The Kier molecular flexibility index (Phi) is 3.92. The van der Waals surface area contributed by atoms with Crippen molar-refractivity contribution in [2.45, 2.75) is 6.42 Å². The molecule has 110 valence electrons. The van der Waals surface area contributed by atoms with E-state index < -0.39 is 0 Å². The molecule has 2 heterocycles. The molecular formula is C16H19N3O2. The van der Waals surface area contributed by atoms with Crippen molar-refractivity contribution in [3.63, 3.8) is 0 Å². The largest absolute Gasteiger partial charge is 0.489 e. The zero-order valence-corrected chi connectivity index (χ0v) is 12.1. The third-order valence-electron chi connectivity index (χ3n) is 3.53. The zero-order valence-electron chi connectivity index (χ0n) is 12.1. The molecule has 0 unspecified atom stereocenters. The molecule has 0 radical (unpaired) electrons. The lowest BCUT2D eigenvalue weighted by molar-refractivity contribution is 0.210. The summed E-state index contributed by atoms with van der Waals surface area (Å²) in [5.41, 5.74) is 9.98. The van der Waals surface area contributed by atoms with Crippen LogP contribution in [0.5, 0.6) is 5.75 Å². The minimum atomic E-state index is 0.632. The second kappa shape index (κ2) is 6.01. The lowest BCUT2D eigenvalue weighted by Gasteiger charge is -2.13. The molecule has 5 heteroatoms. The Labute approximate surface area is 124 Å². The van der Waals surface area contributed by atoms with Crippen LogP contribution in [0.3, 0.4) is 0 Å². The Bertz CT molecular complexity index is 643. The van der Waals surface area contributed by atoms with E-state index in [1.807, 2.05) is 30.5 Å². The number of nitrogens with two attached hydrogens (primary N) is 1. The fourth-order valence-corrected chi connectivity index (χ4v) is 2.54. The minimum Gasteiger partial charge on any atom is -0.489 e. The summed E-state index contributed by atoms with van der Waals surface area (Å²) in [7, 11) is 1.68. The maximum atomic E-state index is 5.87. The van der Waals surface area contributed by atoms with E-state index in [1.165, 1.54) is 5.56 Å². The average molecular weight is 285 g/mol. The lowest BCUT2D eigenvalue weighted by atomic mass is 9.99. The number of fused-ring (bicyclic) bond motifs is 1. The molecule has 1 aliphatic rings. The molecule has 0 saturated heterocycles. The quantitative estimate of drug-likeness (QED) is 0.652. The fraction of sp³-hybridized carbons (Fsp3) is 0.312. The summed E-state index contributed by atoms with van der Waals surface area (Å²) in [6.07, 6.45) is 2.78. The first kappa shape index (κ1) is 13.7. The minimum absolute atomic E-state index is 0.632. The molecule has 0 amide bonds.